The molecule has 0 unspecified atom stereocenters. The number of thioether (sulfide) groups is 1. The monoisotopic (exact) mass is 285 g/mol. The Bertz CT molecular complexity index is 403. The first-order valence-corrected chi connectivity index (χ1v) is 6.58. The minimum atomic E-state index is -4.63. The van der Waals surface area contributed by atoms with Gasteiger partial charge in [-0.3, -0.25) is 0 Å². The maximum atomic E-state index is 12.6. The Kier molecular flexibility index (Phi) is 4.81. The number of hydrogen-bond acceptors (Lipinski definition) is 5. The Morgan fingerprint density at radius 1 is 1.47 bits per heavy atom. The van der Waals surface area contributed by atoms with Crippen LogP contribution in [-0.2, 0) is 10.9 Å². The molecule has 1 heterocycles. The van der Waals surface area contributed by atoms with Crippen LogP contribution in [0.2, 0.25) is 0 Å². The highest BCUT2D eigenvalue weighted by molar-refractivity contribution is 8.01. The molecule has 0 aliphatic rings. The minimum Gasteiger partial charge on any atom is -0.462 e. The van der Waals surface area contributed by atoms with Gasteiger partial charge in [0, 0.05) is 0 Å². The fourth-order valence-corrected chi connectivity index (χ4v) is 2.97. The highest BCUT2D eigenvalue weighted by Crippen LogP contribution is 2.37. The number of alkyl halides is 3. The van der Waals surface area contributed by atoms with Crippen LogP contribution >= 0.6 is 23.1 Å². The number of thiazole rings is 1. The predicted molar refractivity (Wildman–Crippen MR) is 59.5 cm³/mol. The Labute approximate surface area is 104 Å². The molecule has 0 bridgehead atoms. The summed E-state index contributed by atoms with van der Waals surface area (Å²) < 4.78 is 42.7. The smallest absolute Gasteiger partial charge is 0.435 e. The maximum Gasteiger partial charge on any atom is 0.435 e. The third-order valence-electron chi connectivity index (χ3n) is 1.60. The molecule has 1 rings (SSSR count). The summed E-state index contributed by atoms with van der Waals surface area (Å²) >= 11 is 1.88. The van der Waals surface area contributed by atoms with Gasteiger partial charge in [-0.2, -0.15) is 13.2 Å². The number of ether oxygens (including phenoxy) is 1. The van der Waals surface area contributed by atoms with Crippen molar-refractivity contribution < 1.29 is 22.7 Å². The Morgan fingerprint density at radius 3 is 2.59 bits per heavy atom. The summed E-state index contributed by atoms with van der Waals surface area (Å²) in [6, 6.07) is 0. The Hall–Kier alpha value is -0.760. The summed E-state index contributed by atoms with van der Waals surface area (Å²) in [5, 5.41) is 0. The fraction of sp³-hybridized carbons (Fsp3) is 0.556. The summed E-state index contributed by atoms with van der Waals surface area (Å²) in [4.78, 5) is 14.3. The van der Waals surface area contributed by atoms with E-state index in [2.05, 4.69) is 9.72 Å². The molecule has 0 saturated carbocycles. The van der Waals surface area contributed by atoms with Crippen LogP contribution in [0.25, 0.3) is 0 Å². The average Bonchev–Trinajstić information content (AvgIpc) is 2.62. The Morgan fingerprint density at radius 2 is 2.12 bits per heavy atom. The molecule has 0 amide bonds. The zero-order chi connectivity index (χ0) is 13.1. The highest BCUT2D eigenvalue weighted by Gasteiger charge is 2.40. The molecule has 0 aliphatic carbocycles. The molecule has 96 valence electrons. The van der Waals surface area contributed by atoms with Crippen molar-refractivity contribution in [1.29, 1.82) is 0 Å². The molecule has 0 spiro atoms. The lowest BCUT2D eigenvalue weighted by molar-refractivity contribution is -0.141. The highest BCUT2D eigenvalue weighted by atomic mass is 32.2. The van der Waals surface area contributed by atoms with Crippen LogP contribution in [0.1, 0.15) is 29.2 Å². The van der Waals surface area contributed by atoms with Crippen LogP contribution in [0.3, 0.4) is 0 Å². The number of rotatable bonds is 4. The molecule has 0 radical (unpaired) electrons. The van der Waals surface area contributed by atoms with E-state index in [1.807, 2.05) is 0 Å². The number of aromatic nitrogens is 1. The van der Waals surface area contributed by atoms with Crippen molar-refractivity contribution in [2.45, 2.75) is 24.4 Å². The summed E-state index contributed by atoms with van der Waals surface area (Å²) in [6.07, 6.45) is -4.63. The topological polar surface area (TPSA) is 39.2 Å². The van der Waals surface area contributed by atoms with Gasteiger partial charge in [-0.25, -0.2) is 9.78 Å². The molecule has 1 aromatic heterocycles. The second-order valence-electron chi connectivity index (χ2n) is 2.81. The second-order valence-corrected chi connectivity index (χ2v) is 5.32. The molecule has 0 atom stereocenters. The summed E-state index contributed by atoms with van der Waals surface area (Å²) in [6.45, 7) is 3.36. The van der Waals surface area contributed by atoms with Crippen LogP contribution in [0.15, 0.2) is 4.34 Å². The standard InChI is InChI=1S/C9H10F3NO2S2/c1-3-15-7(14)5-6(9(10,11)12)13-8(17-5)16-4-2/h3-4H2,1-2H3. The third kappa shape index (κ3) is 3.60. The molecule has 8 heteroatoms. The van der Waals surface area contributed by atoms with Crippen molar-refractivity contribution in [3.63, 3.8) is 0 Å². The maximum absolute atomic E-state index is 12.6. The van der Waals surface area contributed by atoms with Crippen molar-refractivity contribution in [2.75, 3.05) is 12.4 Å². The largest absolute Gasteiger partial charge is 0.462 e. The van der Waals surface area contributed by atoms with Gasteiger partial charge in [-0.15, -0.1) is 11.3 Å². The Balaban J connectivity index is 3.12. The molecule has 3 nitrogen and oxygen atoms in total. The van der Waals surface area contributed by atoms with Crippen molar-refractivity contribution >= 4 is 29.1 Å². The molecule has 0 aromatic carbocycles. The second kappa shape index (κ2) is 5.72. The normalized spacial score (nSPS) is 11.6. The molecular weight excluding hydrogens is 275 g/mol. The van der Waals surface area contributed by atoms with E-state index in [-0.39, 0.29) is 10.9 Å². The first-order chi connectivity index (χ1) is 7.90. The van der Waals surface area contributed by atoms with Gasteiger partial charge in [0.1, 0.15) is 4.88 Å². The quantitative estimate of drug-likeness (QED) is 0.627. The van der Waals surface area contributed by atoms with Gasteiger partial charge in [0.05, 0.1) is 6.61 Å². The lowest BCUT2D eigenvalue weighted by Gasteiger charge is -2.04. The zero-order valence-corrected chi connectivity index (χ0v) is 10.8. The summed E-state index contributed by atoms with van der Waals surface area (Å²) in [7, 11) is 0. The van der Waals surface area contributed by atoms with Gasteiger partial charge < -0.3 is 4.74 Å². The van der Waals surface area contributed by atoms with Crippen molar-refractivity contribution in [1.82, 2.24) is 4.98 Å². The number of esters is 1. The number of halogens is 3. The number of carbonyl (C=O) groups excluding carboxylic acids is 1. The van der Waals surface area contributed by atoms with Crippen LogP contribution < -0.4 is 0 Å². The minimum absolute atomic E-state index is 0.0320. The van der Waals surface area contributed by atoms with Crippen LogP contribution in [0.5, 0.6) is 0 Å². The zero-order valence-electron chi connectivity index (χ0n) is 9.13. The van der Waals surface area contributed by atoms with Gasteiger partial charge in [-0.05, 0) is 12.7 Å². The van der Waals surface area contributed by atoms with Crippen molar-refractivity contribution in [2.24, 2.45) is 0 Å². The average molecular weight is 285 g/mol. The lowest BCUT2D eigenvalue weighted by atomic mass is 10.3. The van der Waals surface area contributed by atoms with Gasteiger partial charge in [0.25, 0.3) is 0 Å². The number of carbonyl (C=O) groups is 1. The van der Waals surface area contributed by atoms with Gasteiger partial charge >= 0.3 is 12.1 Å². The van der Waals surface area contributed by atoms with E-state index in [0.29, 0.717) is 17.1 Å². The van der Waals surface area contributed by atoms with Crippen molar-refractivity contribution in [3.8, 4) is 0 Å². The molecule has 0 N–H and O–H groups in total. The summed E-state index contributed by atoms with van der Waals surface area (Å²) in [5.74, 6) is -0.382. The molecule has 0 saturated heterocycles. The van der Waals surface area contributed by atoms with Crippen LogP contribution in [0, 0.1) is 0 Å². The van der Waals surface area contributed by atoms with E-state index in [9.17, 15) is 18.0 Å². The SMILES string of the molecule is CCOC(=O)c1sc(SCC)nc1C(F)(F)F. The van der Waals surface area contributed by atoms with E-state index in [1.165, 1.54) is 6.92 Å². The van der Waals surface area contributed by atoms with Gasteiger partial charge in [0.2, 0.25) is 0 Å². The predicted octanol–water partition coefficient (Wildman–Crippen LogP) is 3.45. The molecule has 17 heavy (non-hydrogen) atoms. The lowest BCUT2D eigenvalue weighted by Crippen LogP contribution is -2.13. The van der Waals surface area contributed by atoms with E-state index in [1.54, 1.807) is 6.92 Å². The summed E-state index contributed by atoms with van der Waals surface area (Å²) in [5.41, 5.74) is -1.16. The first-order valence-electron chi connectivity index (χ1n) is 4.78. The fourth-order valence-electron chi connectivity index (χ4n) is 1.01. The number of hydrogen-bond donors (Lipinski definition) is 0. The molecular formula is C9H10F3NO2S2. The first kappa shape index (κ1) is 14.3. The molecule has 0 fully saturated rings. The molecule has 0 aliphatic heterocycles. The van der Waals surface area contributed by atoms with Gasteiger partial charge in [-0.1, -0.05) is 18.7 Å². The third-order valence-corrected chi connectivity index (χ3v) is 3.67. The van der Waals surface area contributed by atoms with E-state index >= 15 is 0 Å². The van der Waals surface area contributed by atoms with Crippen LogP contribution in [-0.4, -0.2) is 23.3 Å². The van der Waals surface area contributed by atoms with E-state index < -0.39 is 22.7 Å². The van der Waals surface area contributed by atoms with Gasteiger partial charge in [0.15, 0.2) is 10.0 Å². The molecule has 1 aromatic rings. The van der Waals surface area contributed by atoms with Crippen molar-refractivity contribution in [3.05, 3.63) is 10.6 Å². The van der Waals surface area contributed by atoms with Crippen LogP contribution in [0.4, 0.5) is 13.2 Å². The van der Waals surface area contributed by atoms with E-state index in [0.717, 1.165) is 11.8 Å². The van der Waals surface area contributed by atoms with E-state index in [4.69, 9.17) is 0 Å². The number of nitrogens with zero attached hydrogens (tertiary/aromatic N) is 1.